The minimum Gasteiger partial charge on any atom is -0.469 e. The van der Waals surface area contributed by atoms with Gasteiger partial charge in [-0.15, -0.1) is 0 Å². The first-order valence-electron chi connectivity index (χ1n) is 15.5. The van der Waals surface area contributed by atoms with Crippen molar-refractivity contribution in [3.63, 3.8) is 0 Å². The van der Waals surface area contributed by atoms with Gasteiger partial charge in [0.1, 0.15) is 6.10 Å². The number of aliphatic hydroxyl groups excluding tert-OH is 5. The molecule has 0 bridgehead atoms. The normalized spacial score (nSPS) is 21.6. The standard InChI is InChI=1S/C34H59NO9/c1-11-12-13-21(4)32(44-34(35)42)25(8)30(39)23(6)17-19(2)16-22(5)29(38)20(3)14-15-27(36)18-28(37)24(7)31(40)26(9)33(41)43-10/h11-16,20-32,36-40H,1,17-18H2,2-10H3,(H2,35,42)/b13-12-,15-14-,19-16-/t20-,21-,22-,23-,24-,25-,26+,27-,28-,29-,30-,31-,32-/m0/s1. The molecule has 0 saturated heterocycles. The fourth-order valence-electron chi connectivity index (χ4n) is 5.59. The zero-order valence-electron chi connectivity index (χ0n) is 28.0. The Kier molecular flexibility index (Phi) is 19.3. The van der Waals surface area contributed by atoms with Crippen LogP contribution in [0.25, 0.3) is 0 Å². The monoisotopic (exact) mass is 625 g/mol. The van der Waals surface area contributed by atoms with E-state index in [1.807, 2.05) is 53.7 Å². The number of carbonyl (C=O) groups excluding carboxylic acids is 2. The molecule has 0 fully saturated rings. The minimum absolute atomic E-state index is 0.0483. The van der Waals surface area contributed by atoms with Gasteiger partial charge in [-0.2, -0.15) is 0 Å². The van der Waals surface area contributed by atoms with E-state index in [4.69, 9.17) is 10.5 Å². The van der Waals surface area contributed by atoms with Crippen molar-refractivity contribution in [2.45, 2.75) is 105 Å². The molecular formula is C34H59NO9. The third kappa shape index (κ3) is 14.1. The Morgan fingerprint density at radius 2 is 1.41 bits per heavy atom. The van der Waals surface area contributed by atoms with Gasteiger partial charge in [0.2, 0.25) is 0 Å². The molecule has 0 aliphatic carbocycles. The van der Waals surface area contributed by atoms with Crippen LogP contribution in [0.2, 0.25) is 0 Å². The fraction of sp³-hybridized carbons (Fsp3) is 0.706. The Bertz CT molecular complexity index is 964. The summed E-state index contributed by atoms with van der Waals surface area (Å²) in [6.07, 6.45) is 4.62. The number of amides is 1. The van der Waals surface area contributed by atoms with Gasteiger partial charge in [-0.25, -0.2) is 4.79 Å². The number of rotatable bonds is 20. The minimum atomic E-state index is -1.13. The molecule has 0 aliphatic heterocycles. The van der Waals surface area contributed by atoms with Crippen LogP contribution in [-0.2, 0) is 14.3 Å². The zero-order valence-corrected chi connectivity index (χ0v) is 28.0. The lowest BCUT2D eigenvalue weighted by atomic mass is 9.81. The lowest BCUT2D eigenvalue weighted by Crippen LogP contribution is -2.41. The number of primary amides is 1. The van der Waals surface area contributed by atoms with Crippen molar-refractivity contribution in [3.05, 3.63) is 48.6 Å². The topological polar surface area (TPSA) is 180 Å². The second-order valence-electron chi connectivity index (χ2n) is 12.6. The molecule has 13 atom stereocenters. The van der Waals surface area contributed by atoms with E-state index in [1.54, 1.807) is 25.2 Å². The maximum atomic E-state index is 11.7. The first-order valence-corrected chi connectivity index (χ1v) is 15.5. The number of ether oxygens (including phenoxy) is 2. The summed E-state index contributed by atoms with van der Waals surface area (Å²) in [4.78, 5) is 23.2. The molecule has 0 aliphatic rings. The van der Waals surface area contributed by atoms with Crippen LogP contribution >= 0.6 is 0 Å². The molecule has 254 valence electrons. The van der Waals surface area contributed by atoms with E-state index in [2.05, 4.69) is 11.3 Å². The van der Waals surface area contributed by atoms with Crippen molar-refractivity contribution >= 4 is 12.1 Å². The molecule has 0 spiro atoms. The van der Waals surface area contributed by atoms with E-state index in [0.717, 1.165) is 5.57 Å². The Balaban J connectivity index is 5.22. The summed E-state index contributed by atoms with van der Waals surface area (Å²) < 4.78 is 10.0. The summed E-state index contributed by atoms with van der Waals surface area (Å²) in [6, 6.07) is 0. The van der Waals surface area contributed by atoms with E-state index in [1.165, 1.54) is 20.1 Å². The molecule has 0 heterocycles. The van der Waals surface area contributed by atoms with Gasteiger partial charge in [-0.05, 0) is 26.2 Å². The van der Waals surface area contributed by atoms with E-state index in [9.17, 15) is 35.1 Å². The van der Waals surface area contributed by atoms with Gasteiger partial charge in [0, 0.05) is 36.0 Å². The maximum absolute atomic E-state index is 11.7. The zero-order chi connectivity index (χ0) is 34.3. The van der Waals surface area contributed by atoms with Crippen LogP contribution in [-0.4, -0.2) is 81.3 Å². The Morgan fingerprint density at radius 3 is 1.93 bits per heavy atom. The highest BCUT2D eigenvalue weighted by Crippen LogP contribution is 2.29. The molecule has 44 heavy (non-hydrogen) atoms. The van der Waals surface area contributed by atoms with Crippen LogP contribution in [0.5, 0.6) is 0 Å². The van der Waals surface area contributed by atoms with Gasteiger partial charge < -0.3 is 40.7 Å². The van der Waals surface area contributed by atoms with Gasteiger partial charge in [0.15, 0.2) is 0 Å². The molecule has 10 nitrogen and oxygen atoms in total. The number of nitrogens with two attached hydrogens (primary N) is 1. The highest BCUT2D eigenvalue weighted by atomic mass is 16.6. The lowest BCUT2D eigenvalue weighted by Gasteiger charge is -2.33. The molecule has 0 aromatic carbocycles. The second kappa shape index (κ2) is 20.5. The van der Waals surface area contributed by atoms with Crippen molar-refractivity contribution in [1.29, 1.82) is 0 Å². The van der Waals surface area contributed by atoms with Gasteiger partial charge in [-0.1, -0.05) is 90.2 Å². The number of esters is 1. The molecule has 0 aromatic heterocycles. The van der Waals surface area contributed by atoms with Gasteiger partial charge >= 0.3 is 12.1 Å². The number of carbonyl (C=O) groups is 2. The molecule has 0 radical (unpaired) electrons. The first kappa shape index (κ1) is 41.5. The number of allylic oxidation sites excluding steroid dienone is 3. The molecule has 10 heteroatoms. The number of methoxy groups -OCH3 is 1. The lowest BCUT2D eigenvalue weighted by molar-refractivity contribution is -0.151. The van der Waals surface area contributed by atoms with Crippen molar-refractivity contribution in [2.24, 2.45) is 47.2 Å². The van der Waals surface area contributed by atoms with E-state index in [0.29, 0.717) is 6.42 Å². The summed E-state index contributed by atoms with van der Waals surface area (Å²) >= 11 is 0. The predicted molar refractivity (Wildman–Crippen MR) is 172 cm³/mol. The van der Waals surface area contributed by atoms with Crippen molar-refractivity contribution < 1.29 is 44.6 Å². The van der Waals surface area contributed by atoms with Crippen LogP contribution < -0.4 is 5.73 Å². The quantitative estimate of drug-likeness (QED) is 0.0664. The molecule has 7 N–H and O–H groups in total. The van der Waals surface area contributed by atoms with Gasteiger partial charge in [-0.3, -0.25) is 4.79 Å². The molecular weight excluding hydrogens is 566 g/mol. The van der Waals surface area contributed by atoms with Crippen molar-refractivity contribution in [2.75, 3.05) is 7.11 Å². The molecule has 1 amide bonds. The van der Waals surface area contributed by atoms with E-state index >= 15 is 0 Å². The number of hydrogen-bond acceptors (Lipinski definition) is 9. The third-order valence-corrected chi connectivity index (χ3v) is 8.58. The highest BCUT2D eigenvalue weighted by molar-refractivity contribution is 5.72. The highest BCUT2D eigenvalue weighted by Gasteiger charge is 2.34. The molecule has 0 rings (SSSR count). The van der Waals surface area contributed by atoms with Crippen molar-refractivity contribution in [3.8, 4) is 0 Å². The Morgan fingerprint density at radius 1 is 0.818 bits per heavy atom. The Labute approximate surface area is 264 Å². The van der Waals surface area contributed by atoms with Gasteiger partial charge in [0.25, 0.3) is 0 Å². The average Bonchev–Trinajstić information content (AvgIpc) is 2.97. The first-order chi connectivity index (χ1) is 20.4. The third-order valence-electron chi connectivity index (χ3n) is 8.58. The SMILES string of the molecule is C=C/C=C\[C@H](C)[C@H](OC(N)=O)[C@@H](C)[C@@H](O)[C@@H](C)C/C(C)=C\[C@H](C)[C@@H](O)[C@@H](C)/C=C\[C@H](O)C[C@H](O)[C@H](C)[C@H](O)[C@@H](C)C(=O)OC. The van der Waals surface area contributed by atoms with Crippen LogP contribution in [0.1, 0.15) is 68.2 Å². The van der Waals surface area contributed by atoms with E-state index < -0.39 is 66.4 Å². The summed E-state index contributed by atoms with van der Waals surface area (Å²) in [5.74, 6) is -3.37. The van der Waals surface area contributed by atoms with E-state index in [-0.39, 0.29) is 30.1 Å². The number of hydrogen-bond donors (Lipinski definition) is 6. The van der Waals surface area contributed by atoms with Crippen LogP contribution in [0.4, 0.5) is 4.79 Å². The van der Waals surface area contributed by atoms with Crippen LogP contribution in [0.3, 0.4) is 0 Å². The largest absolute Gasteiger partial charge is 0.469 e. The molecule has 0 saturated carbocycles. The summed E-state index contributed by atoms with van der Waals surface area (Å²) in [5.41, 5.74) is 6.28. The van der Waals surface area contributed by atoms with Crippen molar-refractivity contribution in [1.82, 2.24) is 0 Å². The summed E-state index contributed by atoms with van der Waals surface area (Å²) in [6.45, 7) is 18.0. The van der Waals surface area contributed by atoms with Crippen LogP contribution in [0.15, 0.2) is 48.6 Å². The summed E-state index contributed by atoms with van der Waals surface area (Å²) in [7, 11) is 1.23. The molecule has 0 aromatic rings. The van der Waals surface area contributed by atoms with Crippen LogP contribution in [0, 0.1) is 41.4 Å². The second-order valence-corrected chi connectivity index (χ2v) is 12.6. The maximum Gasteiger partial charge on any atom is 0.404 e. The smallest absolute Gasteiger partial charge is 0.404 e. The average molecular weight is 626 g/mol. The Hall–Kier alpha value is -2.50. The number of aliphatic hydroxyl groups is 5. The van der Waals surface area contributed by atoms with Gasteiger partial charge in [0.05, 0.1) is 43.5 Å². The molecule has 0 unspecified atom stereocenters. The summed E-state index contributed by atoms with van der Waals surface area (Å²) in [5, 5.41) is 53.3. The fourth-order valence-corrected chi connectivity index (χ4v) is 5.59. The predicted octanol–water partition coefficient (Wildman–Crippen LogP) is 3.91.